The van der Waals surface area contributed by atoms with E-state index in [9.17, 15) is 9.18 Å². The van der Waals surface area contributed by atoms with Crippen molar-refractivity contribution in [3.8, 4) is 0 Å². The molecule has 92 valence electrons. The topological polar surface area (TPSA) is 45.2 Å². The van der Waals surface area contributed by atoms with Crippen molar-refractivity contribution in [2.45, 2.75) is 25.9 Å². The minimum atomic E-state index is -0.428. The average molecular weight is 237 g/mol. The monoisotopic (exact) mass is 237 g/mol. The van der Waals surface area contributed by atoms with Gasteiger partial charge in [-0.3, -0.25) is 4.79 Å². The highest BCUT2D eigenvalue weighted by Gasteiger charge is 2.27. The fourth-order valence-corrected chi connectivity index (χ4v) is 1.95. The highest BCUT2D eigenvalue weighted by Crippen LogP contribution is 2.11. The van der Waals surface area contributed by atoms with Gasteiger partial charge >= 0.3 is 0 Å². The number of hydrogen-bond acceptors (Lipinski definition) is 3. The summed E-state index contributed by atoms with van der Waals surface area (Å²) < 4.78 is 12.7. The Kier molecular flexibility index (Phi) is 3.38. The molecule has 0 aliphatic carbocycles. The van der Waals surface area contributed by atoms with Crippen LogP contribution in [0.25, 0.3) is 0 Å². The Morgan fingerprint density at radius 3 is 2.94 bits per heavy atom. The standard InChI is InChI=1S/C12H16FN3O/c1-8-7-16(9(2)5-14-8)12(17)11-4-3-10(13)6-15-11/h3-4,6,8-9,14H,5,7H2,1-2H3. The molecule has 2 heterocycles. The van der Waals surface area contributed by atoms with Gasteiger partial charge < -0.3 is 10.2 Å². The number of rotatable bonds is 1. The van der Waals surface area contributed by atoms with E-state index in [1.807, 2.05) is 13.8 Å². The Hall–Kier alpha value is -1.49. The summed E-state index contributed by atoms with van der Waals surface area (Å²) in [7, 11) is 0. The van der Waals surface area contributed by atoms with Crippen LogP contribution in [0.1, 0.15) is 24.3 Å². The maximum Gasteiger partial charge on any atom is 0.272 e. The molecule has 1 aliphatic heterocycles. The van der Waals surface area contributed by atoms with Crippen LogP contribution in [0.15, 0.2) is 18.3 Å². The van der Waals surface area contributed by atoms with Crippen molar-refractivity contribution in [1.82, 2.24) is 15.2 Å². The van der Waals surface area contributed by atoms with E-state index in [1.165, 1.54) is 12.1 Å². The van der Waals surface area contributed by atoms with Crippen LogP contribution in [0.4, 0.5) is 4.39 Å². The lowest BCUT2D eigenvalue weighted by Gasteiger charge is -2.37. The fourth-order valence-electron chi connectivity index (χ4n) is 1.95. The van der Waals surface area contributed by atoms with Crippen LogP contribution in [-0.2, 0) is 0 Å². The fraction of sp³-hybridized carbons (Fsp3) is 0.500. The van der Waals surface area contributed by atoms with Gasteiger partial charge in [-0.25, -0.2) is 9.37 Å². The lowest BCUT2D eigenvalue weighted by atomic mass is 10.1. The number of amides is 1. The molecule has 1 N–H and O–H groups in total. The number of aromatic nitrogens is 1. The molecule has 1 fully saturated rings. The minimum Gasteiger partial charge on any atom is -0.332 e. The van der Waals surface area contributed by atoms with Crippen LogP contribution in [0.5, 0.6) is 0 Å². The van der Waals surface area contributed by atoms with Crippen LogP contribution in [0, 0.1) is 5.82 Å². The van der Waals surface area contributed by atoms with Crippen molar-refractivity contribution >= 4 is 5.91 Å². The highest BCUT2D eigenvalue weighted by atomic mass is 19.1. The lowest BCUT2D eigenvalue weighted by Crippen LogP contribution is -2.56. The van der Waals surface area contributed by atoms with Gasteiger partial charge in [-0.1, -0.05) is 0 Å². The van der Waals surface area contributed by atoms with Crippen LogP contribution in [-0.4, -0.2) is 41.0 Å². The lowest BCUT2D eigenvalue weighted by molar-refractivity contribution is 0.0610. The van der Waals surface area contributed by atoms with Gasteiger partial charge in [0.15, 0.2) is 0 Å². The predicted molar refractivity (Wildman–Crippen MR) is 62.2 cm³/mol. The zero-order valence-corrected chi connectivity index (χ0v) is 9.98. The number of piperazine rings is 1. The molecular weight excluding hydrogens is 221 g/mol. The second kappa shape index (κ2) is 4.79. The molecule has 17 heavy (non-hydrogen) atoms. The summed E-state index contributed by atoms with van der Waals surface area (Å²) in [6.07, 6.45) is 1.07. The van der Waals surface area contributed by atoms with Gasteiger partial charge in [-0.15, -0.1) is 0 Å². The first-order valence-corrected chi connectivity index (χ1v) is 5.74. The molecule has 2 rings (SSSR count). The Bertz CT molecular complexity index is 407. The maximum atomic E-state index is 12.7. The summed E-state index contributed by atoms with van der Waals surface area (Å²) in [5, 5.41) is 3.30. The van der Waals surface area contributed by atoms with E-state index in [1.54, 1.807) is 4.90 Å². The highest BCUT2D eigenvalue weighted by molar-refractivity contribution is 5.92. The van der Waals surface area contributed by atoms with Crippen LogP contribution < -0.4 is 5.32 Å². The zero-order valence-electron chi connectivity index (χ0n) is 9.98. The number of hydrogen-bond donors (Lipinski definition) is 1. The number of halogens is 1. The summed E-state index contributed by atoms with van der Waals surface area (Å²) in [4.78, 5) is 17.8. The van der Waals surface area contributed by atoms with Gasteiger partial charge in [0.05, 0.1) is 6.20 Å². The molecule has 5 heteroatoms. The van der Waals surface area contributed by atoms with Gasteiger partial charge in [0.25, 0.3) is 5.91 Å². The summed E-state index contributed by atoms with van der Waals surface area (Å²) >= 11 is 0. The molecule has 2 unspecified atom stereocenters. The molecule has 1 aromatic heterocycles. The van der Waals surface area contributed by atoms with E-state index in [4.69, 9.17) is 0 Å². The molecule has 0 saturated carbocycles. The van der Waals surface area contributed by atoms with Crippen molar-refractivity contribution in [2.24, 2.45) is 0 Å². The van der Waals surface area contributed by atoms with E-state index < -0.39 is 5.82 Å². The number of nitrogens with one attached hydrogen (secondary N) is 1. The molecule has 0 spiro atoms. The number of carbonyl (C=O) groups excluding carboxylic acids is 1. The minimum absolute atomic E-state index is 0.130. The molecule has 1 aliphatic rings. The summed E-state index contributed by atoms with van der Waals surface area (Å²) in [5.41, 5.74) is 0.298. The first-order valence-electron chi connectivity index (χ1n) is 5.74. The second-order valence-corrected chi connectivity index (χ2v) is 4.48. The predicted octanol–water partition coefficient (Wildman–Crippen LogP) is 1.04. The zero-order chi connectivity index (χ0) is 12.4. The number of carbonyl (C=O) groups is 1. The van der Waals surface area contributed by atoms with E-state index in [0.29, 0.717) is 12.2 Å². The van der Waals surface area contributed by atoms with E-state index >= 15 is 0 Å². The molecule has 1 saturated heterocycles. The third-order valence-corrected chi connectivity index (χ3v) is 2.97. The Morgan fingerprint density at radius 1 is 1.53 bits per heavy atom. The SMILES string of the molecule is CC1CN(C(=O)c2ccc(F)cn2)C(C)CN1. The second-order valence-electron chi connectivity index (χ2n) is 4.48. The van der Waals surface area contributed by atoms with Crippen molar-refractivity contribution in [3.63, 3.8) is 0 Å². The van der Waals surface area contributed by atoms with Gasteiger partial charge in [-0.2, -0.15) is 0 Å². The Labute approximate surface area is 99.8 Å². The summed E-state index contributed by atoms with van der Waals surface area (Å²) in [6, 6.07) is 3.09. The number of pyridine rings is 1. The molecule has 1 aromatic rings. The van der Waals surface area contributed by atoms with Gasteiger partial charge in [0.2, 0.25) is 0 Å². The van der Waals surface area contributed by atoms with Crippen molar-refractivity contribution in [2.75, 3.05) is 13.1 Å². The third-order valence-electron chi connectivity index (χ3n) is 2.97. The Morgan fingerprint density at radius 2 is 2.29 bits per heavy atom. The third kappa shape index (κ3) is 2.61. The Balaban J connectivity index is 2.15. The van der Waals surface area contributed by atoms with Gasteiger partial charge in [0, 0.05) is 25.2 Å². The first kappa shape index (κ1) is 12.0. The van der Waals surface area contributed by atoms with Crippen LogP contribution >= 0.6 is 0 Å². The van der Waals surface area contributed by atoms with Crippen molar-refractivity contribution < 1.29 is 9.18 Å². The molecule has 0 aromatic carbocycles. The van der Waals surface area contributed by atoms with E-state index in [-0.39, 0.29) is 18.0 Å². The smallest absolute Gasteiger partial charge is 0.272 e. The normalized spacial score (nSPS) is 24.8. The molecule has 0 bridgehead atoms. The van der Waals surface area contributed by atoms with Crippen LogP contribution in [0.2, 0.25) is 0 Å². The van der Waals surface area contributed by atoms with Gasteiger partial charge in [0.1, 0.15) is 11.5 Å². The van der Waals surface area contributed by atoms with Gasteiger partial charge in [-0.05, 0) is 26.0 Å². The van der Waals surface area contributed by atoms with Crippen molar-refractivity contribution in [3.05, 3.63) is 29.8 Å². The van der Waals surface area contributed by atoms with Crippen LogP contribution in [0.3, 0.4) is 0 Å². The van der Waals surface area contributed by atoms with Crippen molar-refractivity contribution in [1.29, 1.82) is 0 Å². The molecular formula is C12H16FN3O. The average Bonchev–Trinajstić information content (AvgIpc) is 2.32. The summed E-state index contributed by atoms with van der Waals surface area (Å²) in [6.45, 7) is 5.44. The quantitative estimate of drug-likeness (QED) is 0.794. The van der Waals surface area contributed by atoms with E-state index in [0.717, 1.165) is 12.7 Å². The van der Waals surface area contributed by atoms with E-state index in [2.05, 4.69) is 10.3 Å². The molecule has 1 amide bonds. The largest absolute Gasteiger partial charge is 0.332 e. The first-order chi connectivity index (χ1) is 8.08. The summed E-state index contributed by atoms with van der Waals surface area (Å²) in [5.74, 6) is -0.561. The molecule has 2 atom stereocenters. The molecule has 4 nitrogen and oxygen atoms in total. The molecule has 0 radical (unpaired) electrons. The number of nitrogens with zero attached hydrogens (tertiary/aromatic N) is 2. The maximum absolute atomic E-state index is 12.7.